The zero-order chi connectivity index (χ0) is 20.6. The summed E-state index contributed by atoms with van der Waals surface area (Å²) in [6, 6.07) is 15.7. The minimum Gasteiger partial charge on any atom is -0.491 e. The fourth-order valence-electron chi connectivity index (χ4n) is 2.41. The summed E-state index contributed by atoms with van der Waals surface area (Å²) in [6.45, 7) is 2.14. The molecule has 6 nitrogen and oxygen atoms in total. The molecule has 1 heterocycles. The van der Waals surface area contributed by atoms with Crippen LogP contribution in [-0.4, -0.2) is 24.1 Å². The molecular weight excluding hydrogens is 460 g/mol. The number of anilines is 1. The first-order valence-electron chi connectivity index (χ1n) is 8.78. The van der Waals surface area contributed by atoms with Crippen molar-refractivity contribution >= 4 is 39.1 Å². The first-order chi connectivity index (χ1) is 14.0. The van der Waals surface area contributed by atoms with Gasteiger partial charge in [-0.25, -0.2) is 4.98 Å². The van der Waals surface area contributed by atoms with Crippen molar-refractivity contribution in [1.29, 1.82) is 0 Å². The molecule has 0 saturated carbocycles. The summed E-state index contributed by atoms with van der Waals surface area (Å²) in [6.07, 6.45) is 1.65. The first-order valence-corrected chi connectivity index (χ1v) is 9.95. The van der Waals surface area contributed by atoms with Crippen molar-refractivity contribution in [2.24, 2.45) is 0 Å². The lowest BCUT2D eigenvalue weighted by Crippen LogP contribution is -2.20. The van der Waals surface area contributed by atoms with Crippen molar-refractivity contribution < 1.29 is 19.0 Å². The summed E-state index contributed by atoms with van der Waals surface area (Å²) in [5.41, 5.74) is 0.471. The van der Waals surface area contributed by atoms with Crippen LogP contribution in [0.4, 0.5) is 5.69 Å². The van der Waals surface area contributed by atoms with E-state index in [-0.39, 0.29) is 12.5 Å². The molecule has 0 saturated heterocycles. The average Bonchev–Trinajstić information content (AvgIpc) is 2.71. The Kier molecular flexibility index (Phi) is 7.32. The molecular formula is C21H18BrClN2O4. The highest BCUT2D eigenvalue weighted by Crippen LogP contribution is 2.36. The lowest BCUT2D eigenvalue weighted by molar-refractivity contribution is -0.118. The minimum atomic E-state index is -0.339. The third-order valence-corrected chi connectivity index (χ3v) is 4.43. The zero-order valence-corrected chi connectivity index (χ0v) is 17.9. The van der Waals surface area contributed by atoms with Gasteiger partial charge in [0.2, 0.25) is 5.88 Å². The normalized spacial score (nSPS) is 10.3. The number of halogens is 2. The van der Waals surface area contributed by atoms with Crippen molar-refractivity contribution in [2.75, 3.05) is 18.5 Å². The van der Waals surface area contributed by atoms with Crippen molar-refractivity contribution in [3.05, 3.63) is 70.3 Å². The second kappa shape index (κ2) is 10.1. The standard InChI is InChI=1S/C21H18BrClN2O4/c1-2-27-21-17(22)11-14(23)12-18(21)25-19(26)13-28-15-6-8-16(9-7-15)29-20-5-3-4-10-24-20/h3-12H,2,13H2,1H3,(H,25,26). The monoisotopic (exact) mass is 476 g/mol. The Hall–Kier alpha value is -2.77. The largest absolute Gasteiger partial charge is 0.491 e. The maximum Gasteiger partial charge on any atom is 0.262 e. The second-order valence-electron chi connectivity index (χ2n) is 5.78. The second-order valence-corrected chi connectivity index (χ2v) is 7.07. The molecule has 0 unspecified atom stereocenters. The van der Waals surface area contributed by atoms with E-state index in [4.69, 9.17) is 25.8 Å². The molecule has 29 heavy (non-hydrogen) atoms. The van der Waals surface area contributed by atoms with E-state index in [1.54, 1.807) is 48.7 Å². The molecule has 1 amide bonds. The van der Waals surface area contributed by atoms with Crippen LogP contribution in [-0.2, 0) is 4.79 Å². The van der Waals surface area contributed by atoms with Gasteiger partial charge in [0, 0.05) is 17.3 Å². The fourth-order valence-corrected chi connectivity index (χ4v) is 3.34. The van der Waals surface area contributed by atoms with Crippen LogP contribution in [0.3, 0.4) is 0 Å². The first kappa shape index (κ1) is 21.0. The Bertz CT molecular complexity index is 968. The number of nitrogens with zero attached hydrogens (tertiary/aromatic N) is 1. The van der Waals surface area contributed by atoms with Crippen LogP contribution < -0.4 is 19.5 Å². The predicted molar refractivity (Wildman–Crippen MR) is 115 cm³/mol. The van der Waals surface area contributed by atoms with E-state index in [9.17, 15) is 4.79 Å². The molecule has 0 fully saturated rings. The summed E-state index contributed by atoms with van der Waals surface area (Å²) in [4.78, 5) is 16.4. The maximum absolute atomic E-state index is 12.3. The van der Waals surface area contributed by atoms with Crippen LogP contribution in [0.25, 0.3) is 0 Å². The summed E-state index contributed by atoms with van der Waals surface area (Å²) in [7, 11) is 0. The molecule has 0 bridgehead atoms. The quantitative estimate of drug-likeness (QED) is 0.450. The Labute approximate surface area is 181 Å². The predicted octanol–water partition coefficient (Wildman–Crippen LogP) is 5.71. The third kappa shape index (κ3) is 6.10. The molecule has 0 aliphatic rings. The minimum absolute atomic E-state index is 0.170. The zero-order valence-electron chi connectivity index (χ0n) is 15.5. The third-order valence-electron chi connectivity index (χ3n) is 3.62. The van der Waals surface area contributed by atoms with Crippen molar-refractivity contribution in [2.45, 2.75) is 6.92 Å². The van der Waals surface area contributed by atoms with E-state index in [1.807, 2.05) is 19.1 Å². The lowest BCUT2D eigenvalue weighted by Gasteiger charge is -2.14. The van der Waals surface area contributed by atoms with Gasteiger partial charge in [0.15, 0.2) is 12.4 Å². The molecule has 8 heteroatoms. The van der Waals surface area contributed by atoms with Gasteiger partial charge in [0.25, 0.3) is 5.91 Å². The highest BCUT2D eigenvalue weighted by Gasteiger charge is 2.13. The number of nitrogens with one attached hydrogen (secondary N) is 1. The molecule has 0 spiro atoms. The van der Waals surface area contributed by atoms with Gasteiger partial charge in [-0.15, -0.1) is 0 Å². The summed E-state index contributed by atoms with van der Waals surface area (Å²) in [5, 5.41) is 3.23. The molecule has 0 aliphatic carbocycles. The summed E-state index contributed by atoms with van der Waals surface area (Å²) < 4.78 is 17.4. The van der Waals surface area contributed by atoms with E-state index in [1.165, 1.54) is 0 Å². The Morgan fingerprint density at radius 1 is 1.10 bits per heavy atom. The molecule has 3 rings (SSSR count). The topological polar surface area (TPSA) is 69.7 Å². The van der Waals surface area contributed by atoms with Gasteiger partial charge in [0.1, 0.15) is 11.5 Å². The van der Waals surface area contributed by atoms with E-state index in [0.29, 0.717) is 44.9 Å². The van der Waals surface area contributed by atoms with Gasteiger partial charge in [-0.1, -0.05) is 17.7 Å². The van der Waals surface area contributed by atoms with Crippen LogP contribution >= 0.6 is 27.5 Å². The van der Waals surface area contributed by atoms with Gasteiger partial charge < -0.3 is 19.5 Å². The highest BCUT2D eigenvalue weighted by molar-refractivity contribution is 9.10. The van der Waals surface area contributed by atoms with Crippen LogP contribution in [0.15, 0.2) is 65.3 Å². The number of amides is 1. The summed E-state index contributed by atoms with van der Waals surface area (Å²) >= 11 is 9.45. The van der Waals surface area contributed by atoms with Gasteiger partial charge in [-0.2, -0.15) is 0 Å². The van der Waals surface area contributed by atoms with Crippen molar-refractivity contribution in [3.8, 4) is 23.1 Å². The van der Waals surface area contributed by atoms with Gasteiger partial charge in [0.05, 0.1) is 16.8 Å². The number of carbonyl (C=O) groups is 1. The number of benzene rings is 2. The van der Waals surface area contributed by atoms with Crippen LogP contribution in [0.1, 0.15) is 6.92 Å². The maximum atomic E-state index is 12.3. The van der Waals surface area contributed by atoms with Crippen molar-refractivity contribution in [1.82, 2.24) is 4.98 Å². The van der Waals surface area contributed by atoms with Crippen LogP contribution in [0.5, 0.6) is 23.1 Å². The Morgan fingerprint density at radius 3 is 2.55 bits per heavy atom. The number of rotatable bonds is 8. The van der Waals surface area contributed by atoms with Gasteiger partial charge >= 0.3 is 0 Å². The SMILES string of the molecule is CCOc1c(Br)cc(Cl)cc1NC(=O)COc1ccc(Oc2ccccn2)cc1. The van der Waals surface area contributed by atoms with Crippen LogP contribution in [0, 0.1) is 0 Å². The van der Waals surface area contributed by atoms with Crippen LogP contribution in [0.2, 0.25) is 5.02 Å². The number of carbonyl (C=O) groups excluding carboxylic acids is 1. The van der Waals surface area contributed by atoms with Gasteiger partial charge in [-0.3, -0.25) is 4.79 Å². The molecule has 0 aliphatic heterocycles. The molecule has 2 aromatic carbocycles. The van der Waals surface area contributed by atoms with E-state index >= 15 is 0 Å². The molecule has 1 aromatic heterocycles. The summed E-state index contributed by atoms with van der Waals surface area (Å²) in [5.74, 6) is 1.82. The van der Waals surface area contributed by atoms with Gasteiger partial charge in [-0.05, 0) is 65.3 Å². The highest BCUT2D eigenvalue weighted by atomic mass is 79.9. The number of hydrogen-bond acceptors (Lipinski definition) is 5. The number of ether oxygens (including phenoxy) is 3. The fraction of sp³-hybridized carbons (Fsp3) is 0.143. The molecule has 0 radical (unpaired) electrons. The van der Waals surface area contributed by atoms with E-state index < -0.39 is 0 Å². The number of hydrogen-bond donors (Lipinski definition) is 1. The van der Waals surface area contributed by atoms with E-state index in [2.05, 4.69) is 26.2 Å². The molecule has 0 atom stereocenters. The number of pyridine rings is 1. The van der Waals surface area contributed by atoms with Crippen molar-refractivity contribution in [3.63, 3.8) is 0 Å². The Morgan fingerprint density at radius 2 is 1.86 bits per heavy atom. The smallest absolute Gasteiger partial charge is 0.262 e. The molecule has 3 aromatic rings. The van der Waals surface area contributed by atoms with E-state index in [0.717, 1.165) is 0 Å². The molecule has 150 valence electrons. The molecule has 1 N–H and O–H groups in total. The average molecular weight is 478 g/mol. The lowest BCUT2D eigenvalue weighted by atomic mass is 10.3. The Balaban J connectivity index is 1.57. The number of aromatic nitrogens is 1.